The van der Waals surface area contributed by atoms with E-state index in [-0.39, 0.29) is 18.9 Å². The molecule has 6 nitrogen and oxygen atoms in total. The minimum Gasteiger partial charge on any atom is -0.492 e. The van der Waals surface area contributed by atoms with Gasteiger partial charge in [0.05, 0.1) is 11.6 Å². The van der Waals surface area contributed by atoms with E-state index in [0.29, 0.717) is 34.6 Å². The number of benzene rings is 2. The number of hydrazine groups is 1. The average Bonchev–Trinajstić information content (AvgIpc) is 2.64. The summed E-state index contributed by atoms with van der Waals surface area (Å²) < 4.78 is 10.8. The largest absolute Gasteiger partial charge is 0.492 e. The summed E-state index contributed by atoms with van der Waals surface area (Å²) in [6.45, 7) is 2.07. The lowest BCUT2D eigenvalue weighted by Crippen LogP contribution is -2.43. The van der Waals surface area contributed by atoms with Crippen LogP contribution in [-0.4, -0.2) is 25.0 Å². The summed E-state index contributed by atoms with van der Waals surface area (Å²) in [7, 11) is 0. The monoisotopic (exact) mass is 410 g/mol. The quantitative estimate of drug-likeness (QED) is 0.513. The first kappa shape index (κ1) is 20.9. The van der Waals surface area contributed by atoms with Gasteiger partial charge in [0.1, 0.15) is 11.5 Å². The third kappa shape index (κ3) is 7.76. The molecule has 0 aliphatic heterocycles. The minimum atomic E-state index is -0.451. The molecular formula is C19H20Cl2N2O4. The van der Waals surface area contributed by atoms with Gasteiger partial charge in [-0.25, -0.2) is 0 Å². The summed E-state index contributed by atoms with van der Waals surface area (Å²) in [5, 5.41) is 0.932. The highest BCUT2D eigenvalue weighted by Gasteiger charge is 2.07. The number of carbonyl (C=O) groups excluding carboxylic acids is 2. The van der Waals surface area contributed by atoms with Gasteiger partial charge in [0.2, 0.25) is 5.91 Å². The molecule has 2 aromatic rings. The van der Waals surface area contributed by atoms with Crippen molar-refractivity contribution < 1.29 is 19.1 Å². The van der Waals surface area contributed by atoms with Crippen LogP contribution in [0.3, 0.4) is 0 Å². The number of hydrogen-bond acceptors (Lipinski definition) is 4. The highest BCUT2D eigenvalue weighted by Crippen LogP contribution is 2.27. The Kier molecular flexibility index (Phi) is 8.23. The van der Waals surface area contributed by atoms with Crippen LogP contribution in [0, 0.1) is 6.92 Å². The first-order valence-electron chi connectivity index (χ1n) is 8.29. The molecule has 0 heterocycles. The fraction of sp³-hybridized carbons (Fsp3) is 0.263. The highest BCUT2D eigenvalue weighted by molar-refractivity contribution is 6.35. The minimum absolute atomic E-state index is 0.185. The number of carbonyl (C=O) groups is 2. The van der Waals surface area contributed by atoms with Gasteiger partial charge in [-0.3, -0.25) is 20.4 Å². The van der Waals surface area contributed by atoms with E-state index in [4.69, 9.17) is 32.7 Å². The van der Waals surface area contributed by atoms with Crippen LogP contribution in [0.4, 0.5) is 0 Å². The van der Waals surface area contributed by atoms with Gasteiger partial charge >= 0.3 is 0 Å². The summed E-state index contributed by atoms with van der Waals surface area (Å²) in [6, 6.07) is 12.2. The summed E-state index contributed by atoms with van der Waals surface area (Å²) in [6.07, 6.45) is 0.644. The van der Waals surface area contributed by atoms with E-state index in [0.717, 1.165) is 5.56 Å². The zero-order valence-corrected chi connectivity index (χ0v) is 16.3. The standard InChI is InChI=1S/C19H20Cl2N2O4/c1-13-4-7-15(8-5-13)27-12-19(25)23-22-18(24)3-2-10-26-17-9-6-14(20)11-16(17)21/h4-9,11H,2-3,10,12H2,1H3,(H,22,24)(H,23,25). The lowest BCUT2D eigenvalue weighted by atomic mass is 10.2. The van der Waals surface area contributed by atoms with Crippen molar-refractivity contribution in [1.29, 1.82) is 0 Å². The van der Waals surface area contributed by atoms with Crippen molar-refractivity contribution in [3.05, 3.63) is 58.1 Å². The van der Waals surface area contributed by atoms with Crippen molar-refractivity contribution >= 4 is 35.0 Å². The number of halogens is 2. The van der Waals surface area contributed by atoms with Crippen LogP contribution in [0.1, 0.15) is 18.4 Å². The number of amides is 2. The molecule has 2 rings (SSSR count). The first-order valence-corrected chi connectivity index (χ1v) is 9.04. The molecule has 0 aromatic heterocycles. The Balaban J connectivity index is 1.58. The molecule has 2 aromatic carbocycles. The van der Waals surface area contributed by atoms with E-state index in [1.165, 1.54) is 0 Å². The maximum atomic E-state index is 11.7. The van der Waals surface area contributed by atoms with Gasteiger partial charge in [0.15, 0.2) is 6.61 Å². The van der Waals surface area contributed by atoms with E-state index in [1.54, 1.807) is 30.3 Å². The van der Waals surface area contributed by atoms with Crippen molar-refractivity contribution in [2.24, 2.45) is 0 Å². The molecular weight excluding hydrogens is 391 g/mol. The smallest absolute Gasteiger partial charge is 0.276 e. The number of rotatable bonds is 8. The Morgan fingerprint density at radius 3 is 2.37 bits per heavy atom. The van der Waals surface area contributed by atoms with Crippen LogP contribution in [-0.2, 0) is 9.59 Å². The van der Waals surface area contributed by atoms with Gasteiger partial charge in [0.25, 0.3) is 5.91 Å². The molecule has 0 bridgehead atoms. The molecule has 0 saturated carbocycles. The molecule has 0 fully saturated rings. The van der Waals surface area contributed by atoms with Crippen LogP contribution in [0.2, 0.25) is 10.0 Å². The van der Waals surface area contributed by atoms with E-state index in [2.05, 4.69) is 10.9 Å². The first-order chi connectivity index (χ1) is 12.9. The molecule has 0 spiro atoms. The van der Waals surface area contributed by atoms with Crippen LogP contribution in [0.15, 0.2) is 42.5 Å². The molecule has 144 valence electrons. The van der Waals surface area contributed by atoms with E-state index in [9.17, 15) is 9.59 Å². The van der Waals surface area contributed by atoms with Gasteiger partial charge in [-0.2, -0.15) is 0 Å². The molecule has 0 aliphatic rings. The van der Waals surface area contributed by atoms with Crippen molar-refractivity contribution in [1.82, 2.24) is 10.9 Å². The zero-order chi connectivity index (χ0) is 19.6. The summed E-state index contributed by atoms with van der Waals surface area (Å²) in [5.74, 6) is 0.306. The Hall–Kier alpha value is -2.44. The molecule has 8 heteroatoms. The summed E-state index contributed by atoms with van der Waals surface area (Å²) >= 11 is 11.8. The number of hydrogen-bond donors (Lipinski definition) is 2. The number of aryl methyl sites for hydroxylation is 1. The van der Waals surface area contributed by atoms with Gasteiger partial charge in [0, 0.05) is 11.4 Å². The Morgan fingerprint density at radius 1 is 0.963 bits per heavy atom. The van der Waals surface area contributed by atoms with E-state index in [1.807, 2.05) is 19.1 Å². The molecule has 0 aliphatic carbocycles. The fourth-order valence-electron chi connectivity index (χ4n) is 2.03. The van der Waals surface area contributed by atoms with Crippen LogP contribution < -0.4 is 20.3 Å². The fourth-order valence-corrected chi connectivity index (χ4v) is 2.49. The second-order valence-electron chi connectivity index (χ2n) is 5.72. The average molecular weight is 411 g/mol. The van der Waals surface area contributed by atoms with E-state index < -0.39 is 5.91 Å². The number of ether oxygens (including phenoxy) is 2. The highest BCUT2D eigenvalue weighted by atomic mass is 35.5. The molecule has 0 saturated heterocycles. The second-order valence-corrected chi connectivity index (χ2v) is 6.57. The topological polar surface area (TPSA) is 76.7 Å². The summed E-state index contributed by atoms with van der Waals surface area (Å²) in [4.78, 5) is 23.4. The third-order valence-corrected chi connectivity index (χ3v) is 3.96. The van der Waals surface area contributed by atoms with Crippen LogP contribution >= 0.6 is 23.2 Å². The zero-order valence-electron chi connectivity index (χ0n) is 14.8. The Labute approximate surface area is 167 Å². The van der Waals surface area contributed by atoms with Gasteiger partial charge < -0.3 is 9.47 Å². The van der Waals surface area contributed by atoms with Crippen molar-refractivity contribution in [3.63, 3.8) is 0 Å². The maximum absolute atomic E-state index is 11.7. The molecule has 0 atom stereocenters. The predicted molar refractivity (Wildman–Crippen MR) is 104 cm³/mol. The maximum Gasteiger partial charge on any atom is 0.276 e. The molecule has 2 amide bonds. The Morgan fingerprint density at radius 2 is 1.67 bits per heavy atom. The van der Waals surface area contributed by atoms with Gasteiger partial charge in [-0.1, -0.05) is 40.9 Å². The van der Waals surface area contributed by atoms with Crippen molar-refractivity contribution in [2.75, 3.05) is 13.2 Å². The normalized spacial score (nSPS) is 10.2. The molecule has 27 heavy (non-hydrogen) atoms. The SMILES string of the molecule is Cc1ccc(OCC(=O)NNC(=O)CCCOc2ccc(Cl)cc2Cl)cc1. The number of nitrogens with one attached hydrogen (secondary N) is 2. The lowest BCUT2D eigenvalue weighted by molar-refractivity contribution is -0.130. The second kappa shape index (κ2) is 10.6. The van der Waals surface area contributed by atoms with Crippen molar-refractivity contribution in [3.8, 4) is 11.5 Å². The van der Waals surface area contributed by atoms with E-state index >= 15 is 0 Å². The third-order valence-electron chi connectivity index (χ3n) is 3.43. The predicted octanol–water partition coefficient (Wildman–Crippen LogP) is 3.69. The van der Waals surface area contributed by atoms with Crippen molar-refractivity contribution in [2.45, 2.75) is 19.8 Å². The van der Waals surface area contributed by atoms with Crippen LogP contribution in [0.5, 0.6) is 11.5 Å². The lowest BCUT2D eigenvalue weighted by Gasteiger charge is -2.10. The van der Waals surface area contributed by atoms with Crippen LogP contribution in [0.25, 0.3) is 0 Å². The van der Waals surface area contributed by atoms with Gasteiger partial charge in [-0.15, -0.1) is 0 Å². The molecule has 0 unspecified atom stereocenters. The molecule has 2 N–H and O–H groups in total. The molecule has 0 radical (unpaired) electrons. The summed E-state index contributed by atoms with van der Waals surface area (Å²) in [5.41, 5.74) is 5.72. The Bertz CT molecular complexity index is 782. The van der Waals surface area contributed by atoms with Gasteiger partial charge in [-0.05, 0) is 43.7 Å².